The number of aromatic nitrogens is 1. The zero-order chi connectivity index (χ0) is 14.3. The Labute approximate surface area is 114 Å². The van der Waals surface area contributed by atoms with Crippen LogP contribution >= 0.6 is 0 Å². The van der Waals surface area contributed by atoms with Gasteiger partial charge in [-0.15, -0.1) is 0 Å². The third-order valence-corrected chi connectivity index (χ3v) is 2.78. The number of hydrogen-bond donors (Lipinski definition) is 3. The summed E-state index contributed by atoms with van der Waals surface area (Å²) < 4.78 is 5.46. The lowest BCUT2D eigenvalue weighted by molar-refractivity contribution is 0.111. The van der Waals surface area contributed by atoms with E-state index in [2.05, 4.69) is 24.1 Å². The molecule has 1 rings (SSSR count). The van der Waals surface area contributed by atoms with Gasteiger partial charge in [0.1, 0.15) is 5.75 Å². The van der Waals surface area contributed by atoms with Gasteiger partial charge in [0.15, 0.2) is 0 Å². The molecule has 1 aromatic rings. The van der Waals surface area contributed by atoms with Gasteiger partial charge in [-0.05, 0) is 12.8 Å². The minimum atomic E-state index is -0.123. The van der Waals surface area contributed by atoms with E-state index in [4.69, 9.17) is 4.74 Å². The lowest BCUT2D eigenvalue weighted by Crippen LogP contribution is -2.21. The Hall–Kier alpha value is -1.17. The number of aliphatic hydroxyl groups is 1. The molecule has 0 aliphatic heterocycles. The molecule has 5 nitrogen and oxygen atoms in total. The number of nitrogens with zero attached hydrogens (tertiary/aromatic N) is 1. The Morgan fingerprint density at radius 3 is 2.79 bits per heavy atom. The van der Waals surface area contributed by atoms with Gasteiger partial charge in [0, 0.05) is 37.0 Å². The summed E-state index contributed by atoms with van der Waals surface area (Å²) in [7, 11) is 0. The van der Waals surface area contributed by atoms with Crippen LogP contribution in [0.2, 0.25) is 0 Å². The van der Waals surface area contributed by atoms with Crippen LogP contribution in [0.3, 0.4) is 0 Å². The summed E-state index contributed by atoms with van der Waals surface area (Å²) in [6.07, 6.45) is 1.60. The first kappa shape index (κ1) is 15.9. The average molecular weight is 268 g/mol. The number of aryl methyl sites for hydroxylation is 1. The molecule has 5 heteroatoms. The molecule has 0 saturated heterocycles. The monoisotopic (exact) mass is 268 g/mol. The maximum Gasteiger partial charge on any atom is 0.141 e. The Morgan fingerprint density at radius 2 is 2.16 bits per heavy atom. The molecule has 1 heterocycles. The number of nitrogens with one attached hydrogen (secondary N) is 1. The first-order valence-corrected chi connectivity index (χ1v) is 6.61. The molecule has 19 heavy (non-hydrogen) atoms. The van der Waals surface area contributed by atoms with Gasteiger partial charge < -0.3 is 20.3 Å². The second kappa shape index (κ2) is 8.09. The SMILES string of the molecule is Cc1ncc(CO)c(CNCCOCC(C)C)c1O. The molecule has 0 aliphatic carbocycles. The van der Waals surface area contributed by atoms with Crippen LogP contribution in [-0.4, -0.2) is 35.0 Å². The highest BCUT2D eigenvalue weighted by Crippen LogP contribution is 2.23. The highest BCUT2D eigenvalue weighted by molar-refractivity contribution is 5.40. The van der Waals surface area contributed by atoms with Gasteiger partial charge in [0.05, 0.1) is 18.9 Å². The van der Waals surface area contributed by atoms with Crippen LogP contribution in [0.15, 0.2) is 6.20 Å². The molecule has 0 bridgehead atoms. The fourth-order valence-corrected chi connectivity index (χ4v) is 1.69. The maximum atomic E-state index is 9.94. The van der Waals surface area contributed by atoms with Gasteiger partial charge in [-0.1, -0.05) is 13.8 Å². The average Bonchev–Trinajstić information content (AvgIpc) is 2.38. The Bertz CT molecular complexity index is 395. The summed E-state index contributed by atoms with van der Waals surface area (Å²) in [6.45, 7) is 8.43. The molecule has 0 atom stereocenters. The van der Waals surface area contributed by atoms with Crippen molar-refractivity contribution >= 4 is 0 Å². The smallest absolute Gasteiger partial charge is 0.141 e. The van der Waals surface area contributed by atoms with Crippen molar-refractivity contribution in [1.29, 1.82) is 0 Å². The largest absolute Gasteiger partial charge is 0.506 e. The summed E-state index contributed by atoms with van der Waals surface area (Å²) in [6, 6.07) is 0. The topological polar surface area (TPSA) is 74.6 Å². The zero-order valence-electron chi connectivity index (χ0n) is 11.9. The van der Waals surface area contributed by atoms with Crippen molar-refractivity contribution in [2.45, 2.75) is 33.9 Å². The van der Waals surface area contributed by atoms with Crippen molar-refractivity contribution in [3.63, 3.8) is 0 Å². The van der Waals surface area contributed by atoms with Gasteiger partial charge in [-0.2, -0.15) is 0 Å². The number of aliphatic hydroxyl groups excluding tert-OH is 1. The standard InChI is InChI=1S/C14H24N2O3/c1-10(2)9-19-5-4-15-7-13-12(8-17)6-16-11(3)14(13)18/h6,10,15,17-18H,4-5,7-9H2,1-3H3. The van der Waals surface area contributed by atoms with Crippen LogP contribution in [0.25, 0.3) is 0 Å². The second-order valence-corrected chi connectivity index (χ2v) is 5.00. The van der Waals surface area contributed by atoms with Crippen molar-refractivity contribution in [1.82, 2.24) is 10.3 Å². The first-order chi connectivity index (χ1) is 9.06. The summed E-state index contributed by atoms with van der Waals surface area (Å²) in [5.41, 5.74) is 1.93. The van der Waals surface area contributed by atoms with E-state index in [9.17, 15) is 10.2 Å². The second-order valence-electron chi connectivity index (χ2n) is 5.00. The van der Waals surface area contributed by atoms with Gasteiger partial charge in [-0.25, -0.2) is 0 Å². The highest BCUT2D eigenvalue weighted by Gasteiger charge is 2.10. The van der Waals surface area contributed by atoms with Gasteiger partial charge in [0.2, 0.25) is 0 Å². The Kier molecular flexibility index (Phi) is 6.77. The quantitative estimate of drug-likeness (QED) is 0.621. The van der Waals surface area contributed by atoms with E-state index < -0.39 is 0 Å². The third kappa shape index (κ3) is 5.14. The van der Waals surface area contributed by atoms with Crippen LogP contribution < -0.4 is 5.32 Å². The third-order valence-electron chi connectivity index (χ3n) is 2.78. The van der Waals surface area contributed by atoms with Crippen LogP contribution in [0.4, 0.5) is 0 Å². The molecule has 108 valence electrons. The molecule has 0 amide bonds. The molecule has 0 unspecified atom stereocenters. The van der Waals surface area contributed by atoms with Crippen LogP contribution in [0.5, 0.6) is 5.75 Å². The highest BCUT2D eigenvalue weighted by atomic mass is 16.5. The van der Waals surface area contributed by atoms with Gasteiger partial charge in [0.25, 0.3) is 0 Å². The molecule has 0 aromatic carbocycles. The Balaban J connectivity index is 2.42. The Morgan fingerprint density at radius 1 is 1.42 bits per heavy atom. The van der Waals surface area contributed by atoms with E-state index in [0.717, 1.165) is 6.61 Å². The van der Waals surface area contributed by atoms with Crippen molar-refractivity contribution in [3.05, 3.63) is 23.0 Å². The molecule has 0 fully saturated rings. The van der Waals surface area contributed by atoms with Crippen molar-refractivity contribution < 1.29 is 14.9 Å². The van der Waals surface area contributed by atoms with E-state index in [-0.39, 0.29) is 12.4 Å². The number of aromatic hydroxyl groups is 1. The number of hydrogen-bond acceptors (Lipinski definition) is 5. The minimum absolute atomic E-state index is 0.123. The van der Waals surface area contributed by atoms with E-state index in [1.54, 1.807) is 13.1 Å². The maximum absolute atomic E-state index is 9.94. The van der Waals surface area contributed by atoms with E-state index in [1.165, 1.54) is 0 Å². The molecular formula is C14H24N2O3. The number of ether oxygens (including phenoxy) is 1. The van der Waals surface area contributed by atoms with E-state index >= 15 is 0 Å². The van der Waals surface area contributed by atoms with Crippen molar-refractivity contribution in [2.75, 3.05) is 19.8 Å². The number of pyridine rings is 1. The molecule has 3 N–H and O–H groups in total. The first-order valence-electron chi connectivity index (χ1n) is 6.61. The van der Waals surface area contributed by atoms with Crippen molar-refractivity contribution in [3.8, 4) is 5.75 Å². The molecule has 1 aromatic heterocycles. The van der Waals surface area contributed by atoms with E-state index in [1.807, 2.05) is 0 Å². The lowest BCUT2D eigenvalue weighted by Gasteiger charge is -2.12. The number of rotatable bonds is 8. The van der Waals surface area contributed by atoms with Crippen molar-refractivity contribution in [2.24, 2.45) is 5.92 Å². The fourth-order valence-electron chi connectivity index (χ4n) is 1.69. The minimum Gasteiger partial charge on any atom is -0.506 e. The zero-order valence-corrected chi connectivity index (χ0v) is 11.9. The summed E-state index contributed by atoms with van der Waals surface area (Å²) in [4.78, 5) is 4.02. The molecule has 0 radical (unpaired) electrons. The molecule has 0 aliphatic rings. The summed E-state index contributed by atoms with van der Waals surface area (Å²) >= 11 is 0. The lowest BCUT2D eigenvalue weighted by atomic mass is 10.1. The summed E-state index contributed by atoms with van der Waals surface area (Å²) in [5, 5.41) is 22.4. The van der Waals surface area contributed by atoms with Crippen LogP contribution in [-0.2, 0) is 17.9 Å². The van der Waals surface area contributed by atoms with Gasteiger partial charge in [-0.3, -0.25) is 4.98 Å². The normalized spacial score (nSPS) is 11.2. The molecule has 0 spiro atoms. The van der Waals surface area contributed by atoms with Crippen LogP contribution in [0.1, 0.15) is 30.7 Å². The fraction of sp³-hybridized carbons (Fsp3) is 0.643. The predicted octanol–water partition coefficient (Wildman–Crippen LogP) is 1.35. The predicted molar refractivity (Wildman–Crippen MR) is 73.9 cm³/mol. The van der Waals surface area contributed by atoms with E-state index in [0.29, 0.717) is 42.4 Å². The van der Waals surface area contributed by atoms with Gasteiger partial charge >= 0.3 is 0 Å². The van der Waals surface area contributed by atoms with Crippen LogP contribution in [0, 0.1) is 12.8 Å². The molecule has 0 saturated carbocycles. The summed E-state index contributed by atoms with van der Waals surface area (Å²) in [5.74, 6) is 0.690. The molecular weight excluding hydrogens is 244 g/mol.